The topological polar surface area (TPSA) is 33.5 Å². The number of amides is 1. The number of furan rings is 1. The van der Waals surface area contributed by atoms with Gasteiger partial charge in [0.1, 0.15) is 16.9 Å². The standard InChI is InChI=1S/C16H14F3NO2S/c1-2-10-3-4-13(22-10)16-20(14(21)8-23-16)7-9-5-11(17)15(19)12(18)6-9/h3-6,16H,2,7-8H2,1H3. The van der Waals surface area contributed by atoms with Crippen LogP contribution in [0.2, 0.25) is 0 Å². The first-order valence-electron chi connectivity index (χ1n) is 7.12. The molecule has 1 atom stereocenters. The average molecular weight is 341 g/mol. The number of aryl methyl sites for hydroxylation is 1. The van der Waals surface area contributed by atoms with Crippen molar-refractivity contribution < 1.29 is 22.4 Å². The monoisotopic (exact) mass is 341 g/mol. The van der Waals surface area contributed by atoms with Crippen molar-refractivity contribution in [2.24, 2.45) is 0 Å². The van der Waals surface area contributed by atoms with Gasteiger partial charge in [-0.2, -0.15) is 0 Å². The second-order valence-electron chi connectivity index (χ2n) is 5.22. The maximum atomic E-state index is 13.3. The first-order chi connectivity index (χ1) is 11.0. The maximum absolute atomic E-state index is 13.3. The van der Waals surface area contributed by atoms with E-state index in [1.807, 2.05) is 13.0 Å². The average Bonchev–Trinajstić information content (AvgIpc) is 3.12. The van der Waals surface area contributed by atoms with Crippen LogP contribution in [0.1, 0.15) is 29.4 Å². The van der Waals surface area contributed by atoms with E-state index in [4.69, 9.17) is 4.42 Å². The van der Waals surface area contributed by atoms with E-state index >= 15 is 0 Å². The predicted octanol–water partition coefficient (Wildman–Crippen LogP) is 4.03. The third-order valence-corrected chi connectivity index (χ3v) is 4.86. The van der Waals surface area contributed by atoms with Gasteiger partial charge in [-0.15, -0.1) is 11.8 Å². The highest BCUT2D eigenvalue weighted by atomic mass is 32.2. The lowest BCUT2D eigenvalue weighted by Crippen LogP contribution is -2.27. The molecule has 2 aromatic rings. The number of hydrogen-bond donors (Lipinski definition) is 0. The molecule has 0 aliphatic carbocycles. The molecule has 0 spiro atoms. The van der Waals surface area contributed by atoms with Crippen LogP contribution < -0.4 is 0 Å². The van der Waals surface area contributed by atoms with E-state index in [1.54, 1.807) is 6.07 Å². The number of carbonyl (C=O) groups excluding carboxylic acids is 1. The summed E-state index contributed by atoms with van der Waals surface area (Å²) in [5.74, 6) is -2.49. The Labute approximate surface area is 135 Å². The normalized spacial score (nSPS) is 18.0. The molecule has 2 heterocycles. The Bertz CT molecular complexity index is 724. The van der Waals surface area contributed by atoms with Gasteiger partial charge in [-0.05, 0) is 29.8 Å². The first-order valence-corrected chi connectivity index (χ1v) is 8.17. The molecule has 0 N–H and O–H groups in total. The Morgan fingerprint density at radius 3 is 2.57 bits per heavy atom. The zero-order valence-electron chi connectivity index (χ0n) is 12.3. The number of thioether (sulfide) groups is 1. The fourth-order valence-electron chi connectivity index (χ4n) is 2.47. The van der Waals surface area contributed by atoms with Gasteiger partial charge in [-0.1, -0.05) is 6.92 Å². The van der Waals surface area contributed by atoms with Crippen LogP contribution in [-0.2, 0) is 17.8 Å². The predicted molar refractivity (Wildman–Crippen MR) is 80.2 cm³/mol. The Balaban J connectivity index is 1.86. The minimum absolute atomic E-state index is 0.00716. The van der Waals surface area contributed by atoms with Crippen molar-refractivity contribution in [3.63, 3.8) is 0 Å². The van der Waals surface area contributed by atoms with Crippen LogP contribution in [0.15, 0.2) is 28.7 Å². The Morgan fingerprint density at radius 1 is 1.26 bits per heavy atom. The second kappa shape index (κ2) is 6.31. The number of carbonyl (C=O) groups is 1. The minimum atomic E-state index is -1.51. The van der Waals surface area contributed by atoms with Gasteiger partial charge in [-0.25, -0.2) is 13.2 Å². The molecule has 3 rings (SSSR count). The molecule has 1 aromatic heterocycles. The van der Waals surface area contributed by atoms with Crippen molar-refractivity contribution >= 4 is 17.7 Å². The van der Waals surface area contributed by atoms with Crippen LogP contribution in [0.25, 0.3) is 0 Å². The molecule has 3 nitrogen and oxygen atoms in total. The third kappa shape index (κ3) is 3.10. The van der Waals surface area contributed by atoms with Crippen molar-refractivity contribution in [3.05, 3.63) is 58.8 Å². The summed E-state index contributed by atoms with van der Waals surface area (Å²) in [6, 6.07) is 5.46. The number of rotatable bonds is 4. The molecule has 7 heteroatoms. The molecule has 1 aromatic carbocycles. The molecule has 1 fully saturated rings. The quantitative estimate of drug-likeness (QED) is 0.787. The second-order valence-corrected chi connectivity index (χ2v) is 6.28. The summed E-state index contributed by atoms with van der Waals surface area (Å²) in [6.45, 7) is 1.95. The highest BCUT2D eigenvalue weighted by molar-refractivity contribution is 8.00. The van der Waals surface area contributed by atoms with Crippen LogP contribution in [0.4, 0.5) is 13.2 Å². The third-order valence-electron chi connectivity index (χ3n) is 3.64. The lowest BCUT2D eigenvalue weighted by molar-refractivity contribution is -0.128. The zero-order valence-corrected chi connectivity index (χ0v) is 13.1. The molecule has 0 radical (unpaired) electrons. The molecule has 23 heavy (non-hydrogen) atoms. The summed E-state index contributed by atoms with van der Waals surface area (Å²) in [4.78, 5) is 13.6. The smallest absolute Gasteiger partial charge is 0.234 e. The molecule has 0 bridgehead atoms. The van der Waals surface area contributed by atoms with Gasteiger partial charge in [0.25, 0.3) is 0 Å². The number of halogens is 3. The SMILES string of the molecule is CCc1ccc(C2SCC(=O)N2Cc2cc(F)c(F)c(F)c2)o1. The van der Waals surface area contributed by atoms with Crippen LogP contribution in [-0.4, -0.2) is 16.6 Å². The van der Waals surface area contributed by atoms with Gasteiger partial charge in [-0.3, -0.25) is 4.79 Å². The molecule has 1 saturated heterocycles. The van der Waals surface area contributed by atoms with Crippen molar-refractivity contribution in [1.82, 2.24) is 4.90 Å². The van der Waals surface area contributed by atoms with Gasteiger partial charge >= 0.3 is 0 Å². The Kier molecular flexibility index (Phi) is 4.39. The van der Waals surface area contributed by atoms with Crippen LogP contribution >= 0.6 is 11.8 Å². The van der Waals surface area contributed by atoms with Gasteiger partial charge < -0.3 is 9.32 Å². The lowest BCUT2D eigenvalue weighted by atomic mass is 10.2. The zero-order chi connectivity index (χ0) is 16.6. The lowest BCUT2D eigenvalue weighted by Gasteiger charge is -2.22. The van der Waals surface area contributed by atoms with E-state index < -0.39 is 17.5 Å². The van der Waals surface area contributed by atoms with E-state index in [1.165, 1.54) is 16.7 Å². The number of benzene rings is 1. The van der Waals surface area contributed by atoms with Crippen LogP contribution in [0, 0.1) is 17.5 Å². The van der Waals surface area contributed by atoms with E-state index in [-0.39, 0.29) is 29.1 Å². The van der Waals surface area contributed by atoms with Crippen LogP contribution in [0.3, 0.4) is 0 Å². The molecular weight excluding hydrogens is 327 g/mol. The summed E-state index contributed by atoms with van der Waals surface area (Å²) in [5, 5.41) is -0.348. The van der Waals surface area contributed by atoms with E-state index in [2.05, 4.69) is 0 Å². The summed E-state index contributed by atoms with van der Waals surface area (Å²) >= 11 is 1.39. The van der Waals surface area contributed by atoms with Gasteiger partial charge in [0, 0.05) is 13.0 Å². The summed E-state index contributed by atoms with van der Waals surface area (Å²) in [6.07, 6.45) is 0.736. The first kappa shape index (κ1) is 16.0. The fraction of sp³-hybridized carbons (Fsp3) is 0.312. The molecule has 1 aliphatic rings. The summed E-state index contributed by atoms with van der Waals surface area (Å²) in [5.41, 5.74) is 0.199. The Morgan fingerprint density at radius 2 is 1.96 bits per heavy atom. The summed E-state index contributed by atoms with van der Waals surface area (Å²) in [7, 11) is 0. The molecule has 1 amide bonds. The van der Waals surface area contributed by atoms with Crippen molar-refractivity contribution in [3.8, 4) is 0 Å². The van der Waals surface area contributed by atoms with Crippen molar-refractivity contribution in [2.45, 2.75) is 25.3 Å². The van der Waals surface area contributed by atoms with Crippen molar-refractivity contribution in [1.29, 1.82) is 0 Å². The highest BCUT2D eigenvalue weighted by Crippen LogP contribution is 2.40. The number of nitrogens with zero attached hydrogens (tertiary/aromatic N) is 1. The van der Waals surface area contributed by atoms with Gasteiger partial charge in [0.15, 0.2) is 17.5 Å². The minimum Gasteiger partial charge on any atom is -0.463 e. The molecule has 1 unspecified atom stereocenters. The highest BCUT2D eigenvalue weighted by Gasteiger charge is 2.35. The van der Waals surface area contributed by atoms with Gasteiger partial charge in [0.2, 0.25) is 5.91 Å². The molecule has 0 saturated carbocycles. The van der Waals surface area contributed by atoms with E-state index in [0.29, 0.717) is 5.76 Å². The van der Waals surface area contributed by atoms with Crippen LogP contribution in [0.5, 0.6) is 0 Å². The van der Waals surface area contributed by atoms with E-state index in [9.17, 15) is 18.0 Å². The molecule has 1 aliphatic heterocycles. The van der Waals surface area contributed by atoms with E-state index in [0.717, 1.165) is 24.3 Å². The number of hydrogen-bond acceptors (Lipinski definition) is 3. The van der Waals surface area contributed by atoms with Gasteiger partial charge in [0.05, 0.1) is 5.75 Å². The summed E-state index contributed by atoms with van der Waals surface area (Å²) < 4.78 is 45.4. The largest absolute Gasteiger partial charge is 0.463 e. The fourth-order valence-corrected chi connectivity index (χ4v) is 3.60. The Hall–Kier alpha value is -1.89. The van der Waals surface area contributed by atoms with Crippen molar-refractivity contribution in [2.75, 3.05) is 5.75 Å². The maximum Gasteiger partial charge on any atom is 0.234 e. The molecular formula is C16H14F3NO2S. The molecule has 122 valence electrons.